The summed E-state index contributed by atoms with van der Waals surface area (Å²) in [6, 6.07) is 13.8. The molecule has 2 aromatic carbocycles. The van der Waals surface area contributed by atoms with E-state index in [1.54, 1.807) is 24.3 Å². The Morgan fingerprint density at radius 2 is 1.73 bits per heavy atom. The molecule has 3 aromatic rings. The minimum atomic E-state index is -1.33. The van der Waals surface area contributed by atoms with Crippen LogP contribution in [-0.4, -0.2) is 28.1 Å². The third-order valence-corrected chi connectivity index (χ3v) is 4.91. The van der Waals surface area contributed by atoms with Gasteiger partial charge in [0.05, 0.1) is 23.8 Å². The fourth-order valence-electron chi connectivity index (χ4n) is 3.11. The van der Waals surface area contributed by atoms with Crippen LogP contribution in [0.15, 0.2) is 60.8 Å². The predicted molar refractivity (Wildman–Crippen MR) is 121 cm³/mol. The van der Waals surface area contributed by atoms with E-state index in [-0.39, 0.29) is 23.8 Å². The number of halogens is 1. The Morgan fingerprint density at radius 3 is 2.33 bits per heavy atom. The molecule has 1 heterocycles. The van der Waals surface area contributed by atoms with Gasteiger partial charge in [0, 0.05) is 12.3 Å². The molecule has 1 aromatic heterocycles. The van der Waals surface area contributed by atoms with Gasteiger partial charge in [-0.3, -0.25) is 4.79 Å². The van der Waals surface area contributed by atoms with Crippen LogP contribution in [0, 0.1) is 5.82 Å². The standard InChI is InChI=1S/C25H25FN2O5/c1-3-18(4-2)32-19-7-9-20(10-8-19)33-24-12-5-16(15-27-24)13-23(29)28-22-11-6-17(26)14-21(22)25(30)31/h5-12,14-15,18H,3-4,13H2,1-2H3,(H,28,29)(H,30,31). The second kappa shape index (κ2) is 11.1. The monoisotopic (exact) mass is 452 g/mol. The number of amides is 1. The maximum absolute atomic E-state index is 13.3. The first kappa shape index (κ1) is 23.7. The fraction of sp³-hybridized carbons (Fsp3) is 0.240. The Kier molecular flexibility index (Phi) is 7.96. The summed E-state index contributed by atoms with van der Waals surface area (Å²) < 4.78 is 24.9. The zero-order valence-electron chi connectivity index (χ0n) is 18.4. The Labute approximate surface area is 191 Å². The van der Waals surface area contributed by atoms with Crippen LogP contribution in [0.3, 0.4) is 0 Å². The average Bonchev–Trinajstić information content (AvgIpc) is 2.81. The lowest BCUT2D eigenvalue weighted by Gasteiger charge is -2.15. The van der Waals surface area contributed by atoms with Crippen LogP contribution in [0.4, 0.5) is 10.1 Å². The summed E-state index contributed by atoms with van der Waals surface area (Å²) >= 11 is 0. The Hall–Kier alpha value is -3.94. The van der Waals surface area contributed by atoms with Crippen LogP contribution in [0.1, 0.15) is 42.6 Å². The summed E-state index contributed by atoms with van der Waals surface area (Å²) in [6.45, 7) is 4.17. The van der Waals surface area contributed by atoms with Crippen molar-refractivity contribution in [3.05, 3.63) is 77.7 Å². The smallest absolute Gasteiger partial charge is 0.337 e. The van der Waals surface area contributed by atoms with Gasteiger partial charge in [0.15, 0.2) is 0 Å². The summed E-state index contributed by atoms with van der Waals surface area (Å²) in [5.74, 6) is -0.742. The number of aromatic carboxylic acids is 1. The number of anilines is 1. The first-order valence-corrected chi connectivity index (χ1v) is 10.6. The number of nitrogens with one attached hydrogen (secondary N) is 1. The van der Waals surface area contributed by atoms with Gasteiger partial charge >= 0.3 is 5.97 Å². The van der Waals surface area contributed by atoms with Gasteiger partial charge in [0.1, 0.15) is 17.3 Å². The summed E-state index contributed by atoms with van der Waals surface area (Å²) in [7, 11) is 0. The van der Waals surface area contributed by atoms with Crippen LogP contribution in [0.25, 0.3) is 0 Å². The number of carbonyl (C=O) groups excluding carboxylic acids is 1. The number of ether oxygens (including phenoxy) is 2. The van der Waals surface area contributed by atoms with Crippen LogP contribution >= 0.6 is 0 Å². The number of carbonyl (C=O) groups is 2. The molecular weight excluding hydrogens is 427 g/mol. The van der Waals surface area contributed by atoms with E-state index >= 15 is 0 Å². The molecule has 33 heavy (non-hydrogen) atoms. The number of aromatic nitrogens is 1. The van der Waals surface area contributed by atoms with Gasteiger partial charge in [-0.05, 0) is 60.9 Å². The highest BCUT2D eigenvalue weighted by atomic mass is 19.1. The van der Waals surface area contributed by atoms with Gasteiger partial charge in [0.25, 0.3) is 0 Å². The molecule has 0 saturated carbocycles. The highest BCUT2D eigenvalue weighted by Gasteiger charge is 2.14. The molecule has 0 fully saturated rings. The van der Waals surface area contributed by atoms with Gasteiger partial charge in [-0.2, -0.15) is 0 Å². The molecule has 0 spiro atoms. The molecule has 0 aliphatic heterocycles. The molecule has 172 valence electrons. The SMILES string of the molecule is CCC(CC)Oc1ccc(Oc2ccc(CC(=O)Nc3ccc(F)cc3C(=O)O)cn2)cc1. The molecule has 0 aliphatic rings. The van der Waals surface area contributed by atoms with Gasteiger partial charge in [-0.1, -0.05) is 19.9 Å². The number of nitrogens with zero attached hydrogens (tertiary/aromatic N) is 1. The van der Waals surface area contributed by atoms with E-state index in [2.05, 4.69) is 24.1 Å². The second-order valence-corrected chi connectivity index (χ2v) is 7.35. The molecular formula is C25H25FN2O5. The number of hydrogen-bond donors (Lipinski definition) is 2. The number of carboxylic acids is 1. The van der Waals surface area contributed by atoms with Gasteiger partial charge in [-0.15, -0.1) is 0 Å². The van der Waals surface area contributed by atoms with Crippen molar-refractivity contribution in [1.29, 1.82) is 0 Å². The summed E-state index contributed by atoms with van der Waals surface area (Å²) in [6.07, 6.45) is 3.52. The maximum Gasteiger partial charge on any atom is 0.337 e. The molecule has 0 atom stereocenters. The third kappa shape index (κ3) is 6.77. The summed E-state index contributed by atoms with van der Waals surface area (Å²) in [4.78, 5) is 27.8. The van der Waals surface area contributed by atoms with Crippen molar-refractivity contribution in [3.63, 3.8) is 0 Å². The number of carboxylic acid groups (broad SMARTS) is 1. The molecule has 0 unspecified atom stereocenters. The summed E-state index contributed by atoms with van der Waals surface area (Å²) in [5, 5.41) is 11.7. The average molecular weight is 452 g/mol. The van der Waals surface area contributed by atoms with E-state index in [1.807, 2.05) is 12.1 Å². The topological polar surface area (TPSA) is 97.8 Å². The van der Waals surface area contributed by atoms with Crippen molar-refractivity contribution in [2.45, 2.75) is 39.2 Å². The highest BCUT2D eigenvalue weighted by molar-refractivity contribution is 6.01. The van der Waals surface area contributed by atoms with Crippen molar-refractivity contribution in [3.8, 4) is 17.4 Å². The number of rotatable bonds is 10. The first-order valence-electron chi connectivity index (χ1n) is 10.6. The molecule has 0 bridgehead atoms. The molecule has 1 amide bonds. The van der Waals surface area contributed by atoms with Gasteiger partial charge in [0.2, 0.25) is 11.8 Å². The van der Waals surface area contributed by atoms with Crippen LogP contribution in [-0.2, 0) is 11.2 Å². The van der Waals surface area contributed by atoms with E-state index in [1.165, 1.54) is 12.3 Å². The van der Waals surface area contributed by atoms with Crippen molar-refractivity contribution in [1.82, 2.24) is 4.98 Å². The largest absolute Gasteiger partial charge is 0.490 e. The highest BCUT2D eigenvalue weighted by Crippen LogP contribution is 2.24. The van der Waals surface area contributed by atoms with Gasteiger partial charge in [-0.25, -0.2) is 14.2 Å². The Morgan fingerprint density at radius 1 is 1.03 bits per heavy atom. The first-order chi connectivity index (χ1) is 15.9. The van der Waals surface area contributed by atoms with E-state index in [9.17, 15) is 19.1 Å². The summed E-state index contributed by atoms with van der Waals surface area (Å²) in [5.41, 5.74) is 0.313. The van der Waals surface area contributed by atoms with Crippen molar-refractivity contribution in [2.24, 2.45) is 0 Å². The lowest BCUT2D eigenvalue weighted by Crippen LogP contribution is -2.17. The fourth-order valence-corrected chi connectivity index (χ4v) is 3.11. The number of hydrogen-bond acceptors (Lipinski definition) is 5. The molecule has 3 rings (SSSR count). The van der Waals surface area contributed by atoms with E-state index in [4.69, 9.17) is 9.47 Å². The Balaban J connectivity index is 1.57. The quantitative estimate of drug-likeness (QED) is 0.424. The molecule has 0 radical (unpaired) electrons. The van der Waals surface area contributed by atoms with Gasteiger partial charge < -0.3 is 19.9 Å². The third-order valence-electron chi connectivity index (χ3n) is 4.91. The number of pyridine rings is 1. The Bertz CT molecular complexity index is 1100. The minimum absolute atomic E-state index is 0.0263. The van der Waals surface area contributed by atoms with E-state index in [0.29, 0.717) is 17.2 Å². The zero-order valence-corrected chi connectivity index (χ0v) is 18.4. The van der Waals surface area contributed by atoms with E-state index < -0.39 is 17.7 Å². The van der Waals surface area contributed by atoms with Crippen LogP contribution in [0.5, 0.6) is 17.4 Å². The molecule has 8 heteroatoms. The lowest BCUT2D eigenvalue weighted by atomic mass is 10.1. The van der Waals surface area contributed by atoms with Crippen LogP contribution in [0.2, 0.25) is 0 Å². The normalized spacial score (nSPS) is 10.7. The van der Waals surface area contributed by atoms with Crippen molar-refractivity contribution < 1.29 is 28.6 Å². The minimum Gasteiger partial charge on any atom is -0.490 e. The van der Waals surface area contributed by atoms with Crippen LogP contribution < -0.4 is 14.8 Å². The molecule has 2 N–H and O–H groups in total. The second-order valence-electron chi connectivity index (χ2n) is 7.35. The molecule has 0 aliphatic carbocycles. The molecule has 0 saturated heterocycles. The molecule has 7 nitrogen and oxygen atoms in total. The maximum atomic E-state index is 13.3. The lowest BCUT2D eigenvalue weighted by molar-refractivity contribution is -0.115. The van der Waals surface area contributed by atoms with Crippen molar-refractivity contribution >= 4 is 17.6 Å². The zero-order chi connectivity index (χ0) is 23.8. The number of benzene rings is 2. The predicted octanol–water partition coefficient (Wildman–Crippen LogP) is 5.46. The van der Waals surface area contributed by atoms with E-state index in [0.717, 1.165) is 30.7 Å². The van der Waals surface area contributed by atoms with Crippen molar-refractivity contribution in [2.75, 3.05) is 5.32 Å².